The molecule has 1 saturated heterocycles. The standard InChI is InChI=1S/C15H19NO3S2/c1-12-5-6-14(4-3-8-17)10-15(12)21(18,19)16-7-9-20-13(2)11-16/h5-6,10,13,17H,7-9,11H2,1-2H3. The van der Waals surface area contributed by atoms with Crippen LogP contribution in [0.25, 0.3) is 0 Å². The van der Waals surface area contributed by atoms with Crippen molar-refractivity contribution < 1.29 is 13.5 Å². The summed E-state index contributed by atoms with van der Waals surface area (Å²) in [5.41, 5.74) is 1.32. The molecule has 1 N–H and O–H groups in total. The molecule has 1 aromatic rings. The van der Waals surface area contributed by atoms with Crippen molar-refractivity contribution in [1.82, 2.24) is 4.31 Å². The molecule has 1 aliphatic rings. The normalized spacial score (nSPS) is 19.9. The predicted octanol–water partition coefficient (Wildman–Crippen LogP) is 1.46. The molecular formula is C15H19NO3S2. The zero-order valence-electron chi connectivity index (χ0n) is 12.2. The van der Waals surface area contributed by atoms with Gasteiger partial charge in [-0.1, -0.05) is 24.8 Å². The number of hydrogen-bond acceptors (Lipinski definition) is 4. The van der Waals surface area contributed by atoms with E-state index in [0.29, 0.717) is 28.8 Å². The van der Waals surface area contributed by atoms with Crippen LogP contribution in [0.3, 0.4) is 0 Å². The van der Waals surface area contributed by atoms with Gasteiger partial charge < -0.3 is 5.11 Å². The molecule has 21 heavy (non-hydrogen) atoms. The van der Waals surface area contributed by atoms with Crippen molar-refractivity contribution in [3.63, 3.8) is 0 Å². The molecule has 1 unspecified atom stereocenters. The third-order valence-electron chi connectivity index (χ3n) is 3.32. The maximum atomic E-state index is 12.8. The molecule has 4 nitrogen and oxygen atoms in total. The monoisotopic (exact) mass is 325 g/mol. The molecule has 1 atom stereocenters. The van der Waals surface area contributed by atoms with Crippen molar-refractivity contribution in [2.75, 3.05) is 25.4 Å². The first-order valence-electron chi connectivity index (χ1n) is 6.77. The van der Waals surface area contributed by atoms with Crippen LogP contribution in [-0.4, -0.2) is 48.5 Å². The fraction of sp³-hybridized carbons (Fsp3) is 0.467. The van der Waals surface area contributed by atoms with Gasteiger partial charge in [0.05, 0.1) is 4.90 Å². The van der Waals surface area contributed by atoms with Crippen molar-refractivity contribution in [2.45, 2.75) is 24.0 Å². The van der Waals surface area contributed by atoms with Crippen molar-refractivity contribution in [3.05, 3.63) is 29.3 Å². The van der Waals surface area contributed by atoms with Gasteiger partial charge in [0.1, 0.15) is 6.61 Å². The number of aliphatic hydroxyl groups excluding tert-OH is 1. The van der Waals surface area contributed by atoms with Gasteiger partial charge in [0.25, 0.3) is 0 Å². The van der Waals surface area contributed by atoms with E-state index in [-0.39, 0.29) is 6.61 Å². The van der Waals surface area contributed by atoms with Gasteiger partial charge in [0, 0.05) is 29.7 Å². The van der Waals surface area contributed by atoms with Crippen LogP contribution in [0.1, 0.15) is 18.1 Å². The Morgan fingerprint density at radius 3 is 2.90 bits per heavy atom. The third kappa shape index (κ3) is 3.80. The van der Waals surface area contributed by atoms with Gasteiger partial charge in [0.2, 0.25) is 10.0 Å². The summed E-state index contributed by atoms with van der Waals surface area (Å²) in [6.07, 6.45) is 0. The number of nitrogens with zero attached hydrogens (tertiary/aromatic N) is 1. The van der Waals surface area contributed by atoms with E-state index in [1.165, 1.54) is 0 Å². The minimum Gasteiger partial charge on any atom is -0.384 e. The maximum absolute atomic E-state index is 12.8. The average Bonchev–Trinajstić information content (AvgIpc) is 2.46. The van der Waals surface area contributed by atoms with Crippen LogP contribution in [0, 0.1) is 18.8 Å². The Morgan fingerprint density at radius 2 is 2.24 bits per heavy atom. The lowest BCUT2D eigenvalue weighted by Crippen LogP contribution is -2.41. The van der Waals surface area contributed by atoms with E-state index in [2.05, 4.69) is 11.8 Å². The van der Waals surface area contributed by atoms with Crippen LogP contribution in [0.4, 0.5) is 0 Å². The largest absolute Gasteiger partial charge is 0.384 e. The molecule has 0 amide bonds. The molecule has 0 aliphatic carbocycles. The highest BCUT2D eigenvalue weighted by atomic mass is 32.2. The Bertz CT molecular complexity index is 674. The molecule has 0 spiro atoms. The fourth-order valence-corrected chi connectivity index (χ4v) is 5.25. The summed E-state index contributed by atoms with van der Waals surface area (Å²) in [5, 5.41) is 9.05. The fourth-order valence-electron chi connectivity index (χ4n) is 2.24. The molecule has 1 aliphatic heterocycles. The van der Waals surface area contributed by atoms with E-state index in [0.717, 1.165) is 11.3 Å². The van der Waals surface area contributed by atoms with Gasteiger partial charge in [-0.3, -0.25) is 0 Å². The van der Waals surface area contributed by atoms with Crippen LogP contribution in [0.2, 0.25) is 0 Å². The first-order valence-corrected chi connectivity index (χ1v) is 9.26. The van der Waals surface area contributed by atoms with Gasteiger partial charge >= 0.3 is 0 Å². The molecule has 0 saturated carbocycles. The number of thioether (sulfide) groups is 1. The summed E-state index contributed by atoms with van der Waals surface area (Å²) >= 11 is 1.80. The third-order valence-corrected chi connectivity index (χ3v) is 6.47. The van der Waals surface area contributed by atoms with E-state index < -0.39 is 10.0 Å². The first-order chi connectivity index (χ1) is 9.95. The average molecular weight is 325 g/mol. The van der Waals surface area contributed by atoms with E-state index in [4.69, 9.17) is 5.11 Å². The molecule has 1 fully saturated rings. The molecule has 0 radical (unpaired) electrons. The number of sulfonamides is 1. The highest BCUT2D eigenvalue weighted by Crippen LogP contribution is 2.26. The molecule has 0 aromatic heterocycles. The van der Waals surface area contributed by atoms with E-state index in [1.807, 2.05) is 6.92 Å². The van der Waals surface area contributed by atoms with Crippen molar-refractivity contribution >= 4 is 21.8 Å². The van der Waals surface area contributed by atoms with Crippen molar-refractivity contribution in [1.29, 1.82) is 0 Å². The summed E-state index contributed by atoms with van der Waals surface area (Å²) in [4.78, 5) is 0.311. The van der Waals surface area contributed by atoms with Gasteiger partial charge in [-0.15, -0.1) is 0 Å². The van der Waals surface area contributed by atoms with Gasteiger partial charge in [-0.2, -0.15) is 16.1 Å². The number of rotatable bonds is 2. The van der Waals surface area contributed by atoms with Crippen LogP contribution in [0.15, 0.2) is 23.1 Å². The number of benzene rings is 1. The minimum absolute atomic E-state index is 0.239. The molecule has 2 rings (SSSR count). The predicted molar refractivity (Wildman–Crippen MR) is 85.8 cm³/mol. The molecule has 1 heterocycles. The second-order valence-electron chi connectivity index (χ2n) is 4.98. The first kappa shape index (κ1) is 16.4. The Balaban J connectivity index is 2.39. The second-order valence-corrected chi connectivity index (χ2v) is 8.44. The lowest BCUT2D eigenvalue weighted by molar-refractivity contribution is 0.350. The van der Waals surface area contributed by atoms with Gasteiger partial charge in [-0.05, 0) is 24.6 Å². The van der Waals surface area contributed by atoms with E-state index >= 15 is 0 Å². The number of aliphatic hydroxyl groups is 1. The van der Waals surface area contributed by atoms with Gasteiger partial charge in [0.15, 0.2) is 0 Å². The highest BCUT2D eigenvalue weighted by Gasteiger charge is 2.30. The minimum atomic E-state index is -3.48. The zero-order chi connectivity index (χ0) is 15.5. The molecular weight excluding hydrogens is 306 g/mol. The zero-order valence-corrected chi connectivity index (χ0v) is 13.8. The molecule has 6 heteroatoms. The van der Waals surface area contributed by atoms with Crippen molar-refractivity contribution in [3.8, 4) is 11.8 Å². The van der Waals surface area contributed by atoms with Crippen molar-refractivity contribution in [2.24, 2.45) is 0 Å². The number of aryl methyl sites for hydroxylation is 1. The SMILES string of the molecule is Cc1ccc(C#CCO)cc1S(=O)(=O)N1CCSC(C)C1. The van der Waals surface area contributed by atoms with Gasteiger partial charge in [-0.25, -0.2) is 8.42 Å². The summed E-state index contributed by atoms with van der Waals surface area (Å²) in [6, 6.07) is 5.13. The number of hydrogen-bond donors (Lipinski definition) is 1. The van der Waals surface area contributed by atoms with E-state index in [1.54, 1.807) is 41.2 Å². The topological polar surface area (TPSA) is 57.6 Å². The Morgan fingerprint density at radius 1 is 1.48 bits per heavy atom. The smallest absolute Gasteiger partial charge is 0.243 e. The lowest BCUT2D eigenvalue weighted by atomic mass is 10.1. The summed E-state index contributed by atoms with van der Waals surface area (Å²) in [6.45, 7) is 4.68. The maximum Gasteiger partial charge on any atom is 0.243 e. The van der Waals surface area contributed by atoms with E-state index in [9.17, 15) is 8.42 Å². The summed E-state index contributed by atoms with van der Waals surface area (Å²) in [5.74, 6) is 6.12. The molecule has 114 valence electrons. The highest BCUT2D eigenvalue weighted by molar-refractivity contribution is 8.00. The van der Waals surface area contributed by atoms with Crippen LogP contribution < -0.4 is 0 Å². The molecule has 0 bridgehead atoms. The summed E-state index contributed by atoms with van der Waals surface area (Å²) in [7, 11) is -3.48. The lowest BCUT2D eigenvalue weighted by Gasteiger charge is -2.30. The van der Waals surface area contributed by atoms with Crippen LogP contribution in [0.5, 0.6) is 0 Å². The second kappa shape index (κ2) is 6.84. The Hall–Kier alpha value is -1.000. The Labute approximate surface area is 130 Å². The van der Waals surface area contributed by atoms with Crippen LogP contribution >= 0.6 is 11.8 Å². The quantitative estimate of drug-likeness (QED) is 0.837. The van der Waals surface area contributed by atoms with Crippen LogP contribution in [-0.2, 0) is 10.0 Å². The Kier molecular flexibility index (Phi) is 5.33. The summed E-state index contributed by atoms with van der Waals surface area (Å²) < 4.78 is 27.2. The molecule has 1 aromatic carbocycles.